The van der Waals surface area contributed by atoms with E-state index in [9.17, 15) is 4.79 Å². The Kier molecular flexibility index (Phi) is 5.16. The third kappa shape index (κ3) is 5.19. The smallest absolute Gasteiger partial charge is 0.303 e. The summed E-state index contributed by atoms with van der Waals surface area (Å²) in [5.41, 5.74) is 6.59. The van der Waals surface area contributed by atoms with Crippen LogP contribution < -0.4 is 10.5 Å². The Hall–Kier alpha value is -1.55. The van der Waals surface area contributed by atoms with E-state index in [0.717, 1.165) is 11.3 Å². The molecule has 0 unspecified atom stereocenters. The quantitative estimate of drug-likeness (QED) is 0.778. The lowest BCUT2D eigenvalue weighted by atomic mass is 9.95. The van der Waals surface area contributed by atoms with Crippen LogP contribution >= 0.6 is 0 Å². The Bertz CT molecular complexity index is 385. The van der Waals surface area contributed by atoms with Crippen molar-refractivity contribution in [1.82, 2.24) is 0 Å². The Morgan fingerprint density at radius 3 is 2.44 bits per heavy atom. The Morgan fingerprint density at radius 2 is 1.94 bits per heavy atom. The van der Waals surface area contributed by atoms with Crippen LogP contribution in [0.5, 0.6) is 5.75 Å². The SMILES string of the molecule is CC(C)(CN)COc1ccc(CCC(=O)O)cc1. The molecule has 0 fully saturated rings. The number of ether oxygens (including phenoxy) is 1. The normalized spacial score (nSPS) is 11.3. The van der Waals surface area contributed by atoms with Gasteiger partial charge in [-0.3, -0.25) is 4.79 Å². The summed E-state index contributed by atoms with van der Waals surface area (Å²) in [5, 5.41) is 8.59. The highest BCUT2D eigenvalue weighted by Crippen LogP contribution is 2.18. The fraction of sp³-hybridized carbons (Fsp3) is 0.500. The van der Waals surface area contributed by atoms with Gasteiger partial charge >= 0.3 is 5.97 Å². The molecule has 4 nitrogen and oxygen atoms in total. The second kappa shape index (κ2) is 6.40. The summed E-state index contributed by atoms with van der Waals surface area (Å²) in [6, 6.07) is 7.52. The average molecular weight is 251 g/mol. The summed E-state index contributed by atoms with van der Waals surface area (Å²) in [6.45, 7) is 5.24. The first-order valence-electron chi connectivity index (χ1n) is 6.06. The Morgan fingerprint density at radius 1 is 1.33 bits per heavy atom. The number of benzene rings is 1. The summed E-state index contributed by atoms with van der Waals surface area (Å²) >= 11 is 0. The lowest BCUT2D eigenvalue weighted by molar-refractivity contribution is -0.136. The van der Waals surface area contributed by atoms with Crippen LogP contribution in [0.1, 0.15) is 25.8 Å². The number of carboxylic acid groups (broad SMARTS) is 1. The van der Waals surface area contributed by atoms with Crippen molar-refractivity contribution in [1.29, 1.82) is 0 Å². The second-order valence-corrected chi connectivity index (χ2v) is 5.19. The predicted octanol–water partition coefficient (Wildman–Crippen LogP) is 2.07. The van der Waals surface area contributed by atoms with Crippen molar-refractivity contribution in [3.8, 4) is 5.75 Å². The van der Waals surface area contributed by atoms with Crippen molar-refractivity contribution < 1.29 is 14.6 Å². The van der Waals surface area contributed by atoms with Gasteiger partial charge in [0, 0.05) is 18.4 Å². The molecular weight excluding hydrogens is 230 g/mol. The summed E-state index contributed by atoms with van der Waals surface area (Å²) in [5.74, 6) is 0.00984. The molecule has 0 radical (unpaired) electrons. The fourth-order valence-corrected chi connectivity index (χ4v) is 1.34. The molecule has 0 heterocycles. The maximum absolute atomic E-state index is 10.4. The maximum atomic E-state index is 10.4. The molecular formula is C14H21NO3. The third-order valence-corrected chi connectivity index (χ3v) is 2.73. The van der Waals surface area contributed by atoms with Crippen molar-refractivity contribution in [3.05, 3.63) is 29.8 Å². The number of aryl methyl sites for hydroxylation is 1. The molecule has 0 bridgehead atoms. The van der Waals surface area contributed by atoms with Crippen molar-refractivity contribution >= 4 is 5.97 Å². The van der Waals surface area contributed by atoms with Gasteiger partial charge in [-0.15, -0.1) is 0 Å². The molecule has 18 heavy (non-hydrogen) atoms. The fourth-order valence-electron chi connectivity index (χ4n) is 1.34. The van der Waals surface area contributed by atoms with Crippen LogP contribution in [0.25, 0.3) is 0 Å². The molecule has 0 amide bonds. The standard InChI is InChI=1S/C14H21NO3/c1-14(2,9-15)10-18-12-6-3-11(4-7-12)5-8-13(16)17/h3-4,6-7H,5,8-10,15H2,1-2H3,(H,16,17). The third-order valence-electron chi connectivity index (χ3n) is 2.73. The highest BCUT2D eigenvalue weighted by molar-refractivity contribution is 5.67. The van der Waals surface area contributed by atoms with E-state index in [2.05, 4.69) is 0 Å². The minimum atomic E-state index is -0.778. The van der Waals surface area contributed by atoms with Gasteiger partial charge < -0.3 is 15.6 Å². The zero-order valence-corrected chi connectivity index (χ0v) is 11.0. The topological polar surface area (TPSA) is 72.5 Å². The van der Waals surface area contributed by atoms with Crippen LogP contribution in [0, 0.1) is 5.41 Å². The molecule has 0 saturated heterocycles. The largest absolute Gasteiger partial charge is 0.493 e. The number of hydrogen-bond acceptors (Lipinski definition) is 3. The summed E-state index contributed by atoms with van der Waals surface area (Å²) in [7, 11) is 0. The molecule has 0 aliphatic carbocycles. The zero-order valence-electron chi connectivity index (χ0n) is 11.0. The van der Waals surface area contributed by atoms with Crippen LogP contribution in [0.15, 0.2) is 24.3 Å². The lowest BCUT2D eigenvalue weighted by Gasteiger charge is -2.22. The average Bonchev–Trinajstić information content (AvgIpc) is 2.35. The van der Waals surface area contributed by atoms with E-state index in [1.165, 1.54) is 0 Å². The first-order valence-corrected chi connectivity index (χ1v) is 6.06. The molecule has 100 valence electrons. The molecule has 0 aliphatic rings. The summed E-state index contributed by atoms with van der Waals surface area (Å²) < 4.78 is 5.65. The highest BCUT2D eigenvalue weighted by Gasteiger charge is 2.16. The number of carboxylic acids is 1. The Balaban J connectivity index is 2.47. The van der Waals surface area contributed by atoms with Crippen molar-refractivity contribution in [3.63, 3.8) is 0 Å². The Labute approximate surface area is 108 Å². The highest BCUT2D eigenvalue weighted by atomic mass is 16.5. The van der Waals surface area contributed by atoms with Gasteiger partial charge in [0.2, 0.25) is 0 Å². The predicted molar refractivity (Wildman–Crippen MR) is 70.7 cm³/mol. The van der Waals surface area contributed by atoms with Crippen LogP contribution in [-0.2, 0) is 11.2 Å². The number of rotatable bonds is 7. The molecule has 0 aromatic heterocycles. The first-order chi connectivity index (χ1) is 8.43. The molecule has 0 atom stereocenters. The minimum Gasteiger partial charge on any atom is -0.493 e. The number of nitrogens with two attached hydrogens (primary N) is 1. The van der Waals surface area contributed by atoms with E-state index in [0.29, 0.717) is 19.6 Å². The minimum absolute atomic E-state index is 0.0397. The first kappa shape index (κ1) is 14.5. The van der Waals surface area contributed by atoms with Crippen molar-refractivity contribution in [2.24, 2.45) is 11.1 Å². The molecule has 1 aromatic rings. The van der Waals surface area contributed by atoms with Gasteiger partial charge in [-0.25, -0.2) is 0 Å². The van der Waals surface area contributed by atoms with E-state index < -0.39 is 5.97 Å². The van der Waals surface area contributed by atoms with Gasteiger partial charge in [-0.2, -0.15) is 0 Å². The second-order valence-electron chi connectivity index (χ2n) is 5.19. The van der Waals surface area contributed by atoms with Gasteiger partial charge in [-0.1, -0.05) is 26.0 Å². The number of hydrogen-bond donors (Lipinski definition) is 2. The molecule has 1 rings (SSSR count). The molecule has 3 N–H and O–H groups in total. The van der Waals surface area contributed by atoms with E-state index in [-0.39, 0.29) is 11.8 Å². The summed E-state index contributed by atoms with van der Waals surface area (Å²) in [4.78, 5) is 10.4. The monoisotopic (exact) mass is 251 g/mol. The van der Waals surface area contributed by atoms with E-state index in [1.54, 1.807) is 0 Å². The van der Waals surface area contributed by atoms with E-state index in [4.69, 9.17) is 15.6 Å². The lowest BCUT2D eigenvalue weighted by Crippen LogP contribution is -2.30. The number of carbonyl (C=O) groups is 1. The molecule has 4 heteroatoms. The van der Waals surface area contributed by atoms with Crippen LogP contribution in [0.4, 0.5) is 0 Å². The van der Waals surface area contributed by atoms with Gasteiger partial charge in [0.15, 0.2) is 0 Å². The van der Waals surface area contributed by atoms with Gasteiger partial charge in [-0.05, 0) is 24.1 Å². The maximum Gasteiger partial charge on any atom is 0.303 e. The van der Waals surface area contributed by atoms with Crippen molar-refractivity contribution in [2.75, 3.05) is 13.2 Å². The molecule has 1 aromatic carbocycles. The van der Waals surface area contributed by atoms with Crippen LogP contribution in [0.3, 0.4) is 0 Å². The van der Waals surface area contributed by atoms with Crippen LogP contribution in [0.2, 0.25) is 0 Å². The van der Waals surface area contributed by atoms with Crippen LogP contribution in [-0.4, -0.2) is 24.2 Å². The molecule has 0 aliphatic heterocycles. The van der Waals surface area contributed by atoms with Gasteiger partial charge in [0.05, 0.1) is 6.61 Å². The van der Waals surface area contributed by atoms with Gasteiger partial charge in [0.1, 0.15) is 5.75 Å². The van der Waals surface area contributed by atoms with Gasteiger partial charge in [0.25, 0.3) is 0 Å². The van der Waals surface area contributed by atoms with Crippen molar-refractivity contribution in [2.45, 2.75) is 26.7 Å². The van der Waals surface area contributed by atoms with E-state index >= 15 is 0 Å². The molecule has 0 saturated carbocycles. The molecule has 0 spiro atoms. The zero-order chi connectivity index (χ0) is 13.6. The summed E-state index contributed by atoms with van der Waals surface area (Å²) in [6.07, 6.45) is 0.699. The number of aliphatic carboxylic acids is 1. The van der Waals surface area contributed by atoms with E-state index in [1.807, 2.05) is 38.1 Å².